The van der Waals surface area contributed by atoms with Crippen molar-refractivity contribution in [2.45, 2.75) is 12.8 Å². The fourth-order valence-electron chi connectivity index (χ4n) is 2.26. The molecule has 19 heavy (non-hydrogen) atoms. The van der Waals surface area contributed by atoms with E-state index in [4.69, 9.17) is 4.74 Å². The van der Waals surface area contributed by atoms with E-state index < -0.39 is 0 Å². The number of aryl methyl sites for hydroxylation is 1. The summed E-state index contributed by atoms with van der Waals surface area (Å²) < 4.78 is 5.60. The van der Waals surface area contributed by atoms with E-state index in [9.17, 15) is 4.79 Å². The molecule has 0 fully saturated rings. The SMILES string of the molecule is Cc1ccc(C(=O)NC[C@H]2COc3ccccc32)s1. The van der Waals surface area contributed by atoms with E-state index in [-0.39, 0.29) is 11.8 Å². The molecule has 1 aromatic carbocycles. The molecule has 1 N–H and O–H groups in total. The molecular formula is C15H15NO2S. The monoisotopic (exact) mass is 273 g/mol. The lowest BCUT2D eigenvalue weighted by Crippen LogP contribution is -2.28. The van der Waals surface area contributed by atoms with Gasteiger partial charge in [-0.3, -0.25) is 4.79 Å². The molecule has 1 amide bonds. The van der Waals surface area contributed by atoms with E-state index >= 15 is 0 Å². The standard InChI is InChI=1S/C15H15NO2S/c1-10-6-7-14(19-10)15(17)16-8-11-9-18-13-5-3-2-4-12(11)13/h2-7,11H,8-9H2,1H3,(H,16,17)/t11-/m0/s1. The summed E-state index contributed by atoms with van der Waals surface area (Å²) in [4.78, 5) is 13.9. The second-order valence-corrected chi connectivity index (χ2v) is 5.95. The Bertz CT molecular complexity index is 606. The molecule has 1 aromatic heterocycles. The third-order valence-electron chi connectivity index (χ3n) is 3.27. The summed E-state index contributed by atoms with van der Waals surface area (Å²) >= 11 is 1.52. The Morgan fingerprint density at radius 3 is 3.00 bits per heavy atom. The molecule has 98 valence electrons. The van der Waals surface area contributed by atoms with Gasteiger partial charge >= 0.3 is 0 Å². The number of ether oxygens (including phenoxy) is 1. The summed E-state index contributed by atoms with van der Waals surface area (Å²) in [5.74, 6) is 1.19. The molecule has 0 radical (unpaired) electrons. The van der Waals surface area contributed by atoms with Gasteiger partial charge < -0.3 is 10.1 Å². The van der Waals surface area contributed by atoms with Crippen molar-refractivity contribution in [1.29, 1.82) is 0 Å². The third kappa shape index (κ3) is 2.49. The van der Waals surface area contributed by atoms with E-state index in [1.54, 1.807) is 0 Å². The summed E-state index contributed by atoms with van der Waals surface area (Å²) in [6.07, 6.45) is 0. The molecule has 3 nitrogen and oxygen atoms in total. The number of thiophene rings is 1. The average Bonchev–Trinajstić information content (AvgIpc) is 3.02. The minimum absolute atomic E-state index is 0.00230. The molecular weight excluding hydrogens is 258 g/mol. The Morgan fingerprint density at radius 1 is 1.37 bits per heavy atom. The lowest BCUT2D eigenvalue weighted by Gasteiger charge is -2.09. The van der Waals surface area contributed by atoms with Crippen molar-refractivity contribution in [2.24, 2.45) is 0 Å². The maximum atomic E-state index is 12.0. The van der Waals surface area contributed by atoms with Gasteiger partial charge in [-0.15, -0.1) is 11.3 Å². The second kappa shape index (κ2) is 5.05. The van der Waals surface area contributed by atoms with E-state index in [1.165, 1.54) is 16.9 Å². The third-order valence-corrected chi connectivity index (χ3v) is 4.27. The molecule has 4 heteroatoms. The first-order valence-electron chi connectivity index (χ1n) is 6.30. The molecule has 2 aromatic rings. The van der Waals surface area contributed by atoms with Crippen molar-refractivity contribution < 1.29 is 9.53 Å². The van der Waals surface area contributed by atoms with Crippen LogP contribution in [0, 0.1) is 6.92 Å². The van der Waals surface area contributed by atoms with Crippen LogP contribution in [0.3, 0.4) is 0 Å². The van der Waals surface area contributed by atoms with Gasteiger partial charge in [0.05, 0.1) is 11.5 Å². The van der Waals surface area contributed by atoms with Crippen LogP contribution in [0.15, 0.2) is 36.4 Å². The molecule has 3 rings (SSSR count). The summed E-state index contributed by atoms with van der Waals surface area (Å²) in [6.45, 7) is 3.26. The number of benzene rings is 1. The van der Waals surface area contributed by atoms with Gasteiger partial charge in [0, 0.05) is 22.9 Å². The van der Waals surface area contributed by atoms with Crippen LogP contribution in [0.4, 0.5) is 0 Å². The van der Waals surface area contributed by atoms with Crippen LogP contribution in [-0.2, 0) is 0 Å². The zero-order valence-electron chi connectivity index (χ0n) is 10.7. The number of hydrogen-bond acceptors (Lipinski definition) is 3. The largest absolute Gasteiger partial charge is 0.493 e. The number of amides is 1. The first-order valence-corrected chi connectivity index (χ1v) is 7.12. The van der Waals surface area contributed by atoms with E-state index in [1.807, 2.05) is 37.3 Å². The van der Waals surface area contributed by atoms with Gasteiger partial charge in [0.25, 0.3) is 5.91 Å². The van der Waals surface area contributed by atoms with Crippen molar-refractivity contribution in [3.63, 3.8) is 0 Å². The van der Waals surface area contributed by atoms with Crippen LogP contribution >= 0.6 is 11.3 Å². The highest BCUT2D eigenvalue weighted by molar-refractivity contribution is 7.13. The molecule has 0 aliphatic carbocycles. The molecule has 1 atom stereocenters. The summed E-state index contributed by atoms with van der Waals surface area (Å²) in [5, 5.41) is 2.99. The highest BCUT2D eigenvalue weighted by Gasteiger charge is 2.24. The number of para-hydroxylation sites is 1. The van der Waals surface area contributed by atoms with Gasteiger partial charge in [0.2, 0.25) is 0 Å². The highest BCUT2D eigenvalue weighted by atomic mass is 32.1. The van der Waals surface area contributed by atoms with Crippen LogP contribution in [0.2, 0.25) is 0 Å². The minimum Gasteiger partial charge on any atom is -0.493 e. The van der Waals surface area contributed by atoms with Gasteiger partial charge in [-0.2, -0.15) is 0 Å². The predicted molar refractivity (Wildman–Crippen MR) is 76.1 cm³/mol. The van der Waals surface area contributed by atoms with Crippen molar-refractivity contribution in [3.8, 4) is 5.75 Å². The van der Waals surface area contributed by atoms with E-state index in [2.05, 4.69) is 11.4 Å². The topological polar surface area (TPSA) is 38.3 Å². The fourth-order valence-corrected chi connectivity index (χ4v) is 3.04. The lowest BCUT2D eigenvalue weighted by molar-refractivity contribution is 0.0954. The lowest BCUT2D eigenvalue weighted by atomic mass is 10.0. The van der Waals surface area contributed by atoms with Crippen LogP contribution in [0.5, 0.6) is 5.75 Å². The van der Waals surface area contributed by atoms with Gasteiger partial charge in [-0.25, -0.2) is 0 Å². The zero-order valence-corrected chi connectivity index (χ0v) is 11.5. The van der Waals surface area contributed by atoms with Crippen molar-refractivity contribution in [2.75, 3.05) is 13.2 Å². The van der Waals surface area contributed by atoms with Crippen LogP contribution < -0.4 is 10.1 Å². The normalized spacial score (nSPS) is 16.8. The van der Waals surface area contributed by atoms with E-state index in [0.29, 0.717) is 13.2 Å². The van der Waals surface area contributed by atoms with Crippen molar-refractivity contribution in [3.05, 3.63) is 51.7 Å². The summed E-state index contributed by atoms with van der Waals surface area (Å²) in [6, 6.07) is 11.8. The number of hydrogen-bond donors (Lipinski definition) is 1. The van der Waals surface area contributed by atoms with Gasteiger partial charge in [0.1, 0.15) is 5.75 Å². The summed E-state index contributed by atoms with van der Waals surface area (Å²) in [7, 11) is 0. The Labute approximate surface area is 116 Å². The van der Waals surface area contributed by atoms with Gasteiger partial charge in [0.15, 0.2) is 0 Å². The van der Waals surface area contributed by atoms with Crippen LogP contribution in [0.1, 0.15) is 26.0 Å². The van der Waals surface area contributed by atoms with Crippen molar-refractivity contribution >= 4 is 17.2 Å². The zero-order chi connectivity index (χ0) is 13.2. The number of carbonyl (C=O) groups excluding carboxylic acids is 1. The van der Waals surface area contributed by atoms with E-state index in [0.717, 1.165) is 15.5 Å². The Balaban J connectivity index is 1.63. The number of fused-ring (bicyclic) bond motifs is 1. The molecule has 0 saturated heterocycles. The molecule has 0 saturated carbocycles. The molecule has 0 spiro atoms. The minimum atomic E-state index is 0.00230. The van der Waals surface area contributed by atoms with Crippen LogP contribution in [0.25, 0.3) is 0 Å². The Hall–Kier alpha value is -1.81. The quantitative estimate of drug-likeness (QED) is 0.933. The molecule has 0 bridgehead atoms. The smallest absolute Gasteiger partial charge is 0.261 e. The van der Waals surface area contributed by atoms with Crippen LogP contribution in [-0.4, -0.2) is 19.1 Å². The van der Waals surface area contributed by atoms with Gasteiger partial charge in [-0.1, -0.05) is 18.2 Å². The molecule has 1 aliphatic rings. The Morgan fingerprint density at radius 2 is 2.21 bits per heavy atom. The molecule has 0 unspecified atom stereocenters. The highest BCUT2D eigenvalue weighted by Crippen LogP contribution is 2.32. The first kappa shape index (κ1) is 12.2. The maximum Gasteiger partial charge on any atom is 0.261 e. The number of carbonyl (C=O) groups is 1. The molecule has 2 heterocycles. The number of rotatable bonds is 3. The fraction of sp³-hybridized carbons (Fsp3) is 0.267. The first-order chi connectivity index (χ1) is 9.24. The molecule has 1 aliphatic heterocycles. The predicted octanol–water partition coefficient (Wildman–Crippen LogP) is 2.96. The average molecular weight is 273 g/mol. The maximum absolute atomic E-state index is 12.0. The Kier molecular flexibility index (Phi) is 3.25. The second-order valence-electron chi connectivity index (χ2n) is 4.67. The number of nitrogens with one attached hydrogen (secondary N) is 1. The summed E-state index contributed by atoms with van der Waals surface area (Å²) in [5.41, 5.74) is 1.19. The van der Waals surface area contributed by atoms with Crippen molar-refractivity contribution in [1.82, 2.24) is 5.32 Å². The van der Waals surface area contributed by atoms with Gasteiger partial charge in [-0.05, 0) is 25.1 Å².